The van der Waals surface area contributed by atoms with Gasteiger partial charge < -0.3 is 9.47 Å². The lowest BCUT2D eigenvalue weighted by Crippen LogP contribution is -1.98. The fraction of sp³-hybridized carbons (Fsp3) is 0.333. The number of rotatable bonds is 6. The highest BCUT2D eigenvalue weighted by molar-refractivity contribution is 5.55. The van der Waals surface area contributed by atoms with Crippen LogP contribution in [0, 0.1) is 10.1 Å². The summed E-state index contributed by atoms with van der Waals surface area (Å²) in [5.74, 6) is 1.24. The Kier molecular flexibility index (Phi) is 5.00. The van der Waals surface area contributed by atoms with E-state index >= 15 is 0 Å². The first-order valence-corrected chi connectivity index (χ1v) is 5.38. The summed E-state index contributed by atoms with van der Waals surface area (Å²) in [6, 6.07) is 5.20. The molecule has 0 fully saturated rings. The number of hydrogen-bond acceptors (Lipinski definition) is 4. The molecule has 1 aromatic carbocycles. The van der Waals surface area contributed by atoms with Crippen molar-refractivity contribution < 1.29 is 14.4 Å². The Morgan fingerprint density at radius 1 is 1.24 bits per heavy atom. The lowest BCUT2D eigenvalue weighted by atomic mass is 10.2. The Morgan fingerprint density at radius 3 is 2.47 bits per heavy atom. The average molecular weight is 237 g/mol. The van der Waals surface area contributed by atoms with E-state index < -0.39 is 4.92 Å². The molecule has 0 bridgehead atoms. The van der Waals surface area contributed by atoms with Gasteiger partial charge in [0, 0.05) is 6.08 Å². The zero-order valence-corrected chi connectivity index (χ0v) is 9.88. The van der Waals surface area contributed by atoms with Gasteiger partial charge in [-0.3, -0.25) is 10.1 Å². The Hall–Kier alpha value is -2.04. The predicted molar refractivity (Wildman–Crippen MR) is 64.8 cm³/mol. The van der Waals surface area contributed by atoms with Gasteiger partial charge in [-0.25, -0.2) is 0 Å². The molecule has 0 spiro atoms. The van der Waals surface area contributed by atoms with Crippen LogP contribution in [0.3, 0.4) is 0 Å². The minimum absolute atomic E-state index is 0.503. The van der Waals surface area contributed by atoms with Gasteiger partial charge in [0.05, 0.1) is 18.1 Å². The second-order valence-corrected chi connectivity index (χ2v) is 3.17. The first kappa shape index (κ1) is 13.0. The minimum Gasteiger partial charge on any atom is -0.490 e. The Balaban J connectivity index is 2.95. The molecule has 0 N–H and O–H groups in total. The monoisotopic (exact) mass is 237 g/mol. The first-order chi connectivity index (χ1) is 8.17. The second kappa shape index (κ2) is 6.52. The maximum absolute atomic E-state index is 10.2. The molecule has 92 valence electrons. The number of nitrogens with zero attached hydrogens (tertiary/aromatic N) is 1. The topological polar surface area (TPSA) is 61.6 Å². The van der Waals surface area contributed by atoms with Crippen molar-refractivity contribution >= 4 is 6.08 Å². The molecular weight excluding hydrogens is 222 g/mol. The van der Waals surface area contributed by atoms with Crippen molar-refractivity contribution in [3.63, 3.8) is 0 Å². The molecule has 0 amide bonds. The molecule has 0 unspecified atom stereocenters. The van der Waals surface area contributed by atoms with E-state index in [0.717, 1.165) is 6.20 Å². The van der Waals surface area contributed by atoms with Crippen molar-refractivity contribution in [2.75, 3.05) is 13.2 Å². The van der Waals surface area contributed by atoms with Gasteiger partial charge in [-0.2, -0.15) is 0 Å². The van der Waals surface area contributed by atoms with E-state index in [1.807, 2.05) is 13.8 Å². The van der Waals surface area contributed by atoms with Gasteiger partial charge in [-0.05, 0) is 31.5 Å². The van der Waals surface area contributed by atoms with Crippen LogP contribution in [-0.2, 0) is 0 Å². The third-order valence-electron chi connectivity index (χ3n) is 1.96. The van der Waals surface area contributed by atoms with Crippen LogP contribution in [0.1, 0.15) is 19.4 Å². The lowest BCUT2D eigenvalue weighted by Gasteiger charge is -2.10. The van der Waals surface area contributed by atoms with E-state index in [2.05, 4.69) is 0 Å². The van der Waals surface area contributed by atoms with E-state index in [9.17, 15) is 10.1 Å². The summed E-state index contributed by atoms with van der Waals surface area (Å²) >= 11 is 0. The minimum atomic E-state index is -0.503. The zero-order valence-electron chi connectivity index (χ0n) is 9.88. The molecule has 0 aliphatic heterocycles. The molecule has 0 aliphatic rings. The number of ether oxygens (including phenoxy) is 2. The Morgan fingerprint density at radius 2 is 1.88 bits per heavy atom. The highest BCUT2D eigenvalue weighted by Gasteiger charge is 2.05. The molecule has 5 nitrogen and oxygen atoms in total. The maximum atomic E-state index is 10.2. The summed E-state index contributed by atoms with van der Waals surface area (Å²) in [6.07, 6.45) is 2.31. The quantitative estimate of drug-likeness (QED) is 0.563. The molecule has 0 heterocycles. The summed E-state index contributed by atoms with van der Waals surface area (Å²) in [6.45, 7) is 4.82. The van der Waals surface area contributed by atoms with Crippen LogP contribution in [0.25, 0.3) is 6.08 Å². The van der Waals surface area contributed by atoms with Crippen LogP contribution >= 0.6 is 0 Å². The fourth-order valence-electron chi connectivity index (χ4n) is 1.32. The molecule has 5 heteroatoms. The lowest BCUT2D eigenvalue weighted by molar-refractivity contribution is -0.400. The molecule has 1 rings (SSSR count). The normalized spacial score (nSPS) is 10.5. The van der Waals surface area contributed by atoms with E-state index in [0.29, 0.717) is 30.3 Å². The van der Waals surface area contributed by atoms with Gasteiger partial charge in [-0.15, -0.1) is 0 Å². The Bertz CT molecular complexity index is 415. The maximum Gasteiger partial charge on any atom is 0.235 e. The predicted octanol–water partition coefficient (Wildman–Crippen LogP) is 2.73. The van der Waals surface area contributed by atoms with E-state index in [4.69, 9.17) is 9.47 Å². The average Bonchev–Trinajstić information content (AvgIpc) is 2.30. The summed E-state index contributed by atoms with van der Waals surface area (Å²) < 4.78 is 10.8. The van der Waals surface area contributed by atoms with Crippen LogP contribution in [0.15, 0.2) is 24.4 Å². The molecule has 0 saturated heterocycles. The Labute approximate surface area is 99.8 Å². The molecule has 1 aromatic rings. The van der Waals surface area contributed by atoms with Crippen molar-refractivity contribution in [1.82, 2.24) is 0 Å². The van der Waals surface area contributed by atoms with Gasteiger partial charge >= 0.3 is 0 Å². The van der Waals surface area contributed by atoms with Crippen LogP contribution in [0.4, 0.5) is 0 Å². The molecule has 17 heavy (non-hydrogen) atoms. The molecular formula is C12H15NO4. The molecule has 0 aliphatic carbocycles. The van der Waals surface area contributed by atoms with Gasteiger partial charge in [0.2, 0.25) is 6.20 Å². The SMILES string of the molecule is CCOc1ccc(/C=C\[N+](=O)[O-])cc1OCC. The van der Waals surface area contributed by atoms with Crippen molar-refractivity contribution in [2.24, 2.45) is 0 Å². The van der Waals surface area contributed by atoms with Gasteiger partial charge in [0.15, 0.2) is 11.5 Å². The third kappa shape index (κ3) is 4.14. The molecule has 0 aromatic heterocycles. The first-order valence-electron chi connectivity index (χ1n) is 5.38. The fourth-order valence-corrected chi connectivity index (χ4v) is 1.32. The van der Waals surface area contributed by atoms with Crippen LogP contribution < -0.4 is 9.47 Å². The van der Waals surface area contributed by atoms with E-state index in [1.54, 1.807) is 18.2 Å². The third-order valence-corrected chi connectivity index (χ3v) is 1.96. The van der Waals surface area contributed by atoms with Gasteiger partial charge in [0.25, 0.3) is 0 Å². The van der Waals surface area contributed by atoms with E-state index in [1.165, 1.54) is 6.08 Å². The van der Waals surface area contributed by atoms with Crippen LogP contribution in [0.5, 0.6) is 11.5 Å². The zero-order chi connectivity index (χ0) is 12.7. The number of benzene rings is 1. The summed E-state index contributed by atoms with van der Waals surface area (Å²) in [5.41, 5.74) is 0.702. The van der Waals surface area contributed by atoms with Crippen molar-refractivity contribution in [1.29, 1.82) is 0 Å². The largest absolute Gasteiger partial charge is 0.490 e. The van der Waals surface area contributed by atoms with Crippen molar-refractivity contribution in [3.05, 3.63) is 40.1 Å². The van der Waals surface area contributed by atoms with Crippen molar-refractivity contribution in [2.45, 2.75) is 13.8 Å². The van der Waals surface area contributed by atoms with Crippen molar-refractivity contribution in [3.8, 4) is 11.5 Å². The smallest absolute Gasteiger partial charge is 0.235 e. The van der Waals surface area contributed by atoms with Gasteiger partial charge in [-0.1, -0.05) is 6.07 Å². The van der Waals surface area contributed by atoms with Crippen LogP contribution in [0.2, 0.25) is 0 Å². The number of nitro groups is 1. The molecule has 0 atom stereocenters. The molecule has 0 saturated carbocycles. The van der Waals surface area contributed by atoms with Gasteiger partial charge in [0.1, 0.15) is 0 Å². The molecule has 0 radical (unpaired) electrons. The second-order valence-electron chi connectivity index (χ2n) is 3.17. The number of hydrogen-bond donors (Lipinski definition) is 0. The highest BCUT2D eigenvalue weighted by Crippen LogP contribution is 2.28. The summed E-state index contributed by atoms with van der Waals surface area (Å²) in [5, 5.41) is 10.2. The van der Waals surface area contributed by atoms with Crippen LogP contribution in [-0.4, -0.2) is 18.1 Å². The standard InChI is InChI=1S/C12H15NO4/c1-3-16-11-6-5-10(7-8-13(14)15)9-12(11)17-4-2/h5-9H,3-4H2,1-2H3/b8-7-. The summed E-state index contributed by atoms with van der Waals surface area (Å²) in [7, 11) is 0. The summed E-state index contributed by atoms with van der Waals surface area (Å²) in [4.78, 5) is 9.71. The highest BCUT2D eigenvalue weighted by atomic mass is 16.6. The van der Waals surface area contributed by atoms with E-state index in [-0.39, 0.29) is 0 Å².